The molecule has 1 N–H and O–H groups in total. The second-order valence-corrected chi connectivity index (χ2v) is 6.78. The van der Waals surface area contributed by atoms with Crippen molar-refractivity contribution in [2.75, 3.05) is 7.11 Å². The molecule has 0 aliphatic rings. The van der Waals surface area contributed by atoms with E-state index in [1.165, 1.54) is 12.1 Å². The summed E-state index contributed by atoms with van der Waals surface area (Å²) in [5, 5.41) is 9.53. The molecule has 0 aliphatic heterocycles. The highest BCUT2D eigenvalue weighted by molar-refractivity contribution is 7.71. The summed E-state index contributed by atoms with van der Waals surface area (Å²) < 4.78 is 20.9. The maximum atomic E-state index is 13.3. The molecule has 4 aromatic rings. The number of methoxy groups -OCH3 is 1. The Morgan fingerprint density at radius 2 is 1.74 bits per heavy atom. The highest BCUT2D eigenvalue weighted by atomic mass is 32.1. The van der Waals surface area contributed by atoms with E-state index >= 15 is 0 Å². The number of rotatable bonds is 4. The molecule has 0 bridgehead atoms. The molecule has 0 radical (unpaired) electrons. The minimum Gasteiger partial charge on any atom is -0.497 e. The van der Waals surface area contributed by atoms with Crippen LogP contribution in [0.3, 0.4) is 0 Å². The largest absolute Gasteiger partial charge is 0.497 e. The quantitative estimate of drug-likeness (QED) is 0.484. The summed E-state index contributed by atoms with van der Waals surface area (Å²) in [6.45, 7) is 2.08. The second kappa shape index (κ2) is 6.96. The summed E-state index contributed by atoms with van der Waals surface area (Å²) in [4.78, 5) is 0. The first-order chi connectivity index (χ1) is 13.1. The van der Waals surface area contributed by atoms with Crippen LogP contribution in [0, 0.1) is 10.6 Å². The van der Waals surface area contributed by atoms with Crippen molar-refractivity contribution in [1.82, 2.24) is 14.8 Å². The van der Waals surface area contributed by atoms with Crippen molar-refractivity contribution in [1.29, 1.82) is 0 Å². The molecular weight excluding hydrogens is 361 g/mol. The van der Waals surface area contributed by atoms with Gasteiger partial charge in [0.25, 0.3) is 0 Å². The summed E-state index contributed by atoms with van der Waals surface area (Å²) in [5.41, 5.74) is 1.90. The van der Waals surface area contributed by atoms with Crippen LogP contribution in [0.2, 0.25) is 0 Å². The van der Waals surface area contributed by atoms with Crippen LogP contribution in [0.1, 0.15) is 24.2 Å². The smallest absolute Gasteiger partial charge is 0.199 e. The van der Waals surface area contributed by atoms with Gasteiger partial charge in [0.05, 0.1) is 7.11 Å². The minimum atomic E-state index is -0.284. The van der Waals surface area contributed by atoms with Gasteiger partial charge in [0, 0.05) is 11.6 Å². The van der Waals surface area contributed by atoms with Crippen LogP contribution in [0.15, 0.2) is 60.7 Å². The van der Waals surface area contributed by atoms with E-state index in [2.05, 4.69) is 35.3 Å². The van der Waals surface area contributed by atoms with Crippen LogP contribution >= 0.6 is 12.2 Å². The lowest BCUT2D eigenvalue weighted by Gasteiger charge is -2.14. The zero-order valence-corrected chi connectivity index (χ0v) is 15.8. The number of hydrogen-bond donors (Lipinski definition) is 1. The number of nitrogens with one attached hydrogen (secondary N) is 1. The van der Waals surface area contributed by atoms with Gasteiger partial charge in [-0.1, -0.05) is 31.2 Å². The van der Waals surface area contributed by atoms with Crippen molar-refractivity contribution in [3.8, 4) is 11.4 Å². The summed E-state index contributed by atoms with van der Waals surface area (Å²) in [6, 6.07) is 18.5. The van der Waals surface area contributed by atoms with E-state index in [9.17, 15) is 4.39 Å². The minimum absolute atomic E-state index is 0.00509. The normalized spacial score (nSPS) is 12.3. The zero-order valence-electron chi connectivity index (χ0n) is 14.9. The predicted molar refractivity (Wildman–Crippen MR) is 107 cm³/mol. The highest BCUT2D eigenvalue weighted by Crippen LogP contribution is 2.29. The van der Waals surface area contributed by atoms with Crippen molar-refractivity contribution in [3.63, 3.8) is 0 Å². The number of aromatic amines is 1. The molecule has 1 atom stereocenters. The first kappa shape index (κ1) is 17.4. The molecule has 3 aromatic carbocycles. The zero-order chi connectivity index (χ0) is 19.0. The predicted octanol–water partition coefficient (Wildman–Crippen LogP) is 5.38. The molecule has 0 aliphatic carbocycles. The summed E-state index contributed by atoms with van der Waals surface area (Å²) in [5.74, 6) is 1.32. The van der Waals surface area contributed by atoms with E-state index < -0.39 is 0 Å². The molecule has 0 spiro atoms. The Morgan fingerprint density at radius 1 is 1.04 bits per heavy atom. The molecule has 0 saturated carbocycles. The molecule has 1 heterocycles. The van der Waals surface area contributed by atoms with E-state index in [0.717, 1.165) is 33.6 Å². The molecule has 1 aromatic heterocycles. The van der Waals surface area contributed by atoms with Gasteiger partial charge in [0.15, 0.2) is 4.77 Å². The Morgan fingerprint density at radius 3 is 2.48 bits per heavy atom. The van der Waals surface area contributed by atoms with Crippen molar-refractivity contribution < 1.29 is 9.13 Å². The molecule has 6 heteroatoms. The van der Waals surface area contributed by atoms with Crippen LogP contribution in [0.5, 0.6) is 5.75 Å². The van der Waals surface area contributed by atoms with Crippen LogP contribution in [0.4, 0.5) is 4.39 Å². The first-order valence-electron chi connectivity index (χ1n) is 8.58. The Bertz CT molecular complexity index is 1160. The summed E-state index contributed by atoms with van der Waals surface area (Å²) >= 11 is 5.40. The first-order valence-corrected chi connectivity index (χ1v) is 8.98. The maximum Gasteiger partial charge on any atom is 0.199 e. The number of H-pyrrole nitrogens is 1. The topological polar surface area (TPSA) is 42.8 Å². The Balaban J connectivity index is 1.77. The summed E-state index contributed by atoms with van der Waals surface area (Å²) in [6.07, 6.45) is 0. The molecule has 136 valence electrons. The van der Waals surface area contributed by atoms with Gasteiger partial charge < -0.3 is 4.74 Å². The van der Waals surface area contributed by atoms with Gasteiger partial charge in [-0.2, -0.15) is 5.10 Å². The average molecular weight is 379 g/mol. The van der Waals surface area contributed by atoms with E-state index in [0.29, 0.717) is 4.77 Å². The van der Waals surface area contributed by atoms with E-state index in [4.69, 9.17) is 17.0 Å². The van der Waals surface area contributed by atoms with E-state index in [1.807, 2.05) is 22.8 Å². The number of aromatic nitrogens is 3. The van der Waals surface area contributed by atoms with Crippen molar-refractivity contribution in [3.05, 3.63) is 82.6 Å². The fraction of sp³-hybridized carbons (Fsp3) is 0.143. The van der Waals surface area contributed by atoms with Crippen LogP contribution in [0.25, 0.3) is 16.5 Å². The third kappa shape index (κ3) is 3.24. The van der Waals surface area contributed by atoms with E-state index in [-0.39, 0.29) is 11.7 Å². The molecule has 0 amide bonds. The van der Waals surface area contributed by atoms with Crippen LogP contribution < -0.4 is 4.74 Å². The van der Waals surface area contributed by atoms with Gasteiger partial charge in [-0.25, -0.2) is 4.39 Å². The number of halogens is 1. The molecule has 0 fully saturated rings. The van der Waals surface area contributed by atoms with Gasteiger partial charge in [-0.05, 0) is 65.0 Å². The second-order valence-electron chi connectivity index (χ2n) is 6.39. The lowest BCUT2D eigenvalue weighted by Crippen LogP contribution is -2.07. The maximum absolute atomic E-state index is 13.3. The summed E-state index contributed by atoms with van der Waals surface area (Å²) in [7, 11) is 1.66. The fourth-order valence-corrected chi connectivity index (χ4v) is 3.47. The third-order valence-electron chi connectivity index (χ3n) is 4.74. The average Bonchev–Trinajstić information content (AvgIpc) is 3.08. The van der Waals surface area contributed by atoms with Crippen molar-refractivity contribution in [2.45, 2.75) is 12.8 Å². The Labute approximate surface area is 161 Å². The lowest BCUT2D eigenvalue weighted by atomic mass is 9.97. The van der Waals surface area contributed by atoms with Gasteiger partial charge in [-0.3, -0.25) is 9.67 Å². The lowest BCUT2D eigenvalue weighted by molar-refractivity contribution is 0.415. The Hall–Kier alpha value is -2.99. The van der Waals surface area contributed by atoms with Crippen molar-refractivity contribution in [2.24, 2.45) is 0 Å². The highest BCUT2D eigenvalue weighted by Gasteiger charge is 2.18. The number of nitrogens with zero attached hydrogens (tertiary/aromatic N) is 2. The standard InChI is InChI=1S/C21H18FN3OS/c1-13(14-3-4-16-12-19(26-2)10-5-15(16)11-14)20-23-24-21(27)25(20)18-8-6-17(22)7-9-18/h3-13H,1-2H3,(H,24,27). The Kier molecular flexibility index (Phi) is 4.49. The third-order valence-corrected chi connectivity index (χ3v) is 5.02. The number of benzene rings is 3. The van der Waals surface area contributed by atoms with Crippen LogP contribution in [-0.4, -0.2) is 21.9 Å². The van der Waals surface area contributed by atoms with Gasteiger partial charge in [0.2, 0.25) is 0 Å². The molecule has 4 nitrogen and oxygen atoms in total. The monoisotopic (exact) mass is 379 g/mol. The fourth-order valence-electron chi connectivity index (χ4n) is 3.23. The molecule has 0 saturated heterocycles. The number of hydrogen-bond acceptors (Lipinski definition) is 3. The molecule has 27 heavy (non-hydrogen) atoms. The van der Waals surface area contributed by atoms with Gasteiger partial charge >= 0.3 is 0 Å². The SMILES string of the molecule is COc1ccc2cc(C(C)c3n[nH]c(=S)n3-c3ccc(F)cc3)ccc2c1. The van der Waals surface area contributed by atoms with Crippen molar-refractivity contribution >= 4 is 23.0 Å². The van der Waals surface area contributed by atoms with Gasteiger partial charge in [0.1, 0.15) is 17.4 Å². The molecule has 1 unspecified atom stereocenters. The molecule has 4 rings (SSSR count). The van der Waals surface area contributed by atoms with Crippen LogP contribution in [-0.2, 0) is 0 Å². The number of ether oxygens (including phenoxy) is 1. The van der Waals surface area contributed by atoms with Gasteiger partial charge in [-0.15, -0.1) is 0 Å². The van der Waals surface area contributed by atoms with E-state index in [1.54, 1.807) is 19.2 Å². The number of fused-ring (bicyclic) bond motifs is 1. The molecular formula is C21H18FN3OS.